The van der Waals surface area contributed by atoms with E-state index in [1.807, 2.05) is 30.4 Å². The van der Waals surface area contributed by atoms with Crippen LogP contribution in [0.3, 0.4) is 0 Å². The zero-order valence-corrected chi connectivity index (χ0v) is 19.1. The van der Waals surface area contributed by atoms with Gasteiger partial charge in [-0.15, -0.1) is 0 Å². The second-order valence-corrected chi connectivity index (χ2v) is 7.28. The first-order valence-corrected chi connectivity index (χ1v) is 11.2. The molecule has 0 heterocycles. The Kier molecular flexibility index (Phi) is 19.6. The second kappa shape index (κ2) is 21.1. The summed E-state index contributed by atoms with van der Waals surface area (Å²) in [4.78, 5) is 22.4. The summed E-state index contributed by atoms with van der Waals surface area (Å²) >= 11 is 0. The normalized spacial score (nSPS) is 14.1. The van der Waals surface area contributed by atoms with Gasteiger partial charge in [-0.3, -0.25) is 9.59 Å². The minimum atomic E-state index is -0.808. The quantitative estimate of drug-likeness (QED) is 0.141. The zero-order chi connectivity index (χ0) is 23.2. The van der Waals surface area contributed by atoms with Crippen molar-refractivity contribution in [3.05, 3.63) is 48.6 Å². The van der Waals surface area contributed by atoms with Crippen LogP contribution in [0.4, 0.5) is 0 Å². The highest BCUT2D eigenvalue weighted by atomic mass is 16.6. The lowest BCUT2D eigenvalue weighted by molar-refractivity contribution is -0.160. The SMILES string of the molecule is CCCCC[C@H](O)/C=C/C=C\C/C=C\C/C=C\CCCC(=O)O[C@@H](CO)COC(C)=O. The molecule has 0 bridgehead atoms. The first-order valence-electron chi connectivity index (χ1n) is 11.2. The monoisotopic (exact) mass is 436 g/mol. The molecule has 0 aromatic rings. The summed E-state index contributed by atoms with van der Waals surface area (Å²) in [5, 5.41) is 18.9. The predicted molar refractivity (Wildman–Crippen MR) is 123 cm³/mol. The summed E-state index contributed by atoms with van der Waals surface area (Å²) < 4.78 is 9.79. The summed E-state index contributed by atoms with van der Waals surface area (Å²) in [5.41, 5.74) is 0. The van der Waals surface area contributed by atoms with E-state index >= 15 is 0 Å². The van der Waals surface area contributed by atoms with Crippen LogP contribution in [0.5, 0.6) is 0 Å². The van der Waals surface area contributed by atoms with Crippen molar-refractivity contribution in [2.24, 2.45) is 0 Å². The molecule has 0 aliphatic heterocycles. The molecule has 0 spiro atoms. The fourth-order valence-corrected chi connectivity index (χ4v) is 2.56. The zero-order valence-electron chi connectivity index (χ0n) is 19.1. The lowest BCUT2D eigenvalue weighted by Crippen LogP contribution is -2.28. The average molecular weight is 437 g/mol. The molecule has 0 radical (unpaired) electrons. The number of carbonyl (C=O) groups is 2. The predicted octanol–water partition coefficient (Wildman–Crippen LogP) is 4.57. The first kappa shape index (κ1) is 28.8. The number of allylic oxidation sites excluding steroid dienone is 7. The maximum atomic E-state index is 11.7. The van der Waals surface area contributed by atoms with Crippen molar-refractivity contribution in [1.29, 1.82) is 0 Å². The lowest BCUT2D eigenvalue weighted by atomic mass is 10.1. The minimum absolute atomic E-state index is 0.129. The highest BCUT2D eigenvalue weighted by Crippen LogP contribution is 2.05. The van der Waals surface area contributed by atoms with Crippen LogP contribution in [0.15, 0.2) is 48.6 Å². The third-order valence-electron chi connectivity index (χ3n) is 4.29. The van der Waals surface area contributed by atoms with E-state index in [0.717, 1.165) is 38.5 Å². The molecule has 2 N–H and O–H groups in total. The molecular formula is C25H40O6. The first-order chi connectivity index (χ1) is 15.0. The van der Waals surface area contributed by atoms with Gasteiger partial charge in [0.1, 0.15) is 6.61 Å². The van der Waals surface area contributed by atoms with Gasteiger partial charge in [0.2, 0.25) is 0 Å². The van der Waals surface area contributed by atoms with Crippen LogP contribution >= 0.6 is 0 Å². The molecule has 0 fully saturated rings. The minimum Gasteiger partial charge on any atom is -0.462 e. The van der Waals surface area contributed by atoms with Gasteiger partial charge in [-0.25, -0.2) is 0 Å². The van der Waals surface area contributed by atoms with E-state index in [9.17, 15) is 14.7 Å². The molecule has 2 atom stereocenters. The standard InChI is InChI=1S/C25H40O6/c1-3-4-14-17-23(28)18-15-12-10-8-6-5-7-9-11-13-16-19-25(29)31-24(20-26)21-30-22(2)27/h5-6,9-12,15,18,23-24,26,28H,3-4,7-8,13-14,16-17,19-21H2,1-2H3/b6-5-,11-9-,12-10-,18-15+/t23-,24-/m0/s1. The summed E-state index contributed by atoms with van der Waals surface area (Å²) in [6, 6.07) is 0. The molecule has 6 nitrogen and oxygen atoms in total. The molecule has 0 unspecified atom stereocenters. The Morgan fingerprint density at radius 2 is 1.68 bits per heavy atom. The highest BCUT2D eigenvalue weighted by molar-refractivity contribution is 5.69. The molecule has 0 aliphatic carbocycles. The van der Waals surface area contributed by atoms with Gasteiger partial charge >= 0.3 is 11.9 Å². The van der Waals surface area contributed by atoms with E-state index < -0.39 is 18.0 Å². The van der Waals surface area contributed by atoms with Crippen molar-refractivity contribution in [2.45, 2.75) is 83.8 Å². The molecule has 0 aromatic carbocycles. The summed E-state index contributed by atoms with van der Waals surface area (Å²) in [7, 11) is 0. The van der Waals surface area contributed by atoms with E-state index in [4.69, 9.17) is 14.6 Å². The molecular weight excluding hydrogens is 396 g/mol. The topological polar surface area (TPSA) is 93.1 Å². The third-order valence-corrected chi connectivity index (χ3v) is 4.29. The van der Waals surface area contributed by atoms with Crippen LogP contribution in [-0.2, 0) is 19.1 Å². The molecule has 0 rings (SSSR count). The van der Waals surface area contributed by atoms with E-state index in [0.29, 0.717) is 6.42 Å². The van der Waals surface area contributed by atoms with Gasteiger partial charge in [0.25, 0.3) is 0 Å². The number of carbonyl (C=O) groups excluding carboxylic acids is 2. The smallest absolute Gasteiger partial charge is 0.306 e. The second-order valence-electron chi connectivity index (χ2n) is 7.28. The van der Waals surface area contributed by atoms with Gasteiger partial charge in [-0.05, 0) is 32.1 Å². The molecule has 0 aromatic heterocycles. The summed E-state index contributed by atoms with van der Waals surface area (Å²) in [5.74, 6) is -0.886. The Balaban J connectivity index is 3.76. The Morgan fingerprint density at radius 3 is 2.35 bits per heavy atom. The van der Waals surface area contributed by atoms with Gasteiger partial charge in [0.05, 0.1) is 12.7 Å². The maximum absolute atomic E-state index is 11.7. The maximum Gasteiger partial charge on any atom is 0.306 e. The third kappa shape index (κ3) is 20.9. The van der Waals surface area contributed by atoms with Crippen molar-refractivity contribution in [3.63, 3.8) is 0 Å². The number of ether oxygens (including phenoxy) is 2. The van der Waals surface area contributed by atoms with Crippen LogP contribution < -0.4 is 0 Å². The number of hydrogen-bond acceptors (Lipinski definition) is 6. The van der Waals surface area contributed by atoms with Crippen LogP contribution in [-0.4, -0.2) is 47.6 Å². The van der Waals surface area contributed by atoms with Gasteiger partial charge in [0.15, 0.2) is 6.10 Å². The van der Waals surface area contributed by atoms with Crippen molar-refractivity contribution >= 4 is 11.9 Å². The van der Waals surface area contributed by atoms with Gasteiger partial charge in [-0.1, -0.05) is 74.8 Å². The van der Waals surface area contributed by atoms with Crippen molar-refractivity contribution in [2.75, 3.05) is 13.2 Å². The number of aliphatic hydroxyl groups excluding tert-OH is 2. The number of esters is 2. The molecule has 31 heavy (non-hydrogen) atoms. The Labute approximate surface area is 187 Å². The van der Waals surface area contributed by atoms with Crippen molar-refractivity contribution < 1.29 is 29.3 Å². The largest absolute Gasteiger partial charge is 0.462 e. The van der Waals surface area contributed by atoms with Crippen molar-refractivity contribution in [1.82, 2.24) is 0 Å². The number of unbranched alkanes of at least 4 members (excludes halogenated alkanes) is 3. The summed E-state index contributed by atoms with van der Waals surface area (Å²) in [6.45, 7) is 2.91. The van der Waals surface area contributed by atoms with Gasteiger partial charge in [-0.2, -0.15) is 0 Å². The van der Waals surface area contributed by atoms with Crippen molar-refractivity contribution in [3.8, 4) is 0 Å². The Hall–Kier alpha value is -2.18. The molecule has 0 saturated carbocycles. The van der Waals surface area contributed by atoms with Gasteiger partial charge in [0, 0.05) is 13.3 Å². The fourth-order valence-electron chi connectivity index (χ4n) is 2.56. The van der Waals surface area contributed by atoms with E-state index in [2.05, 4.69) is 25.2 Å². The van der Waals surface area contributed by atoms with Crippen LogP contribution in [0.2, 0.25) is 0 Å². The average Bonchev–Trinajstić information content (AvgIpc) is 2.74. The fraction of sp³-hybridized carbons (Fsp3) is 0.600. The van der Waals surface area contributed by atoms with Crippen LogP contribution in [0.1, 0.15) is 71.6 Å². The summed E-state index contributed by atoms with van der Waals surface area (Å²) in [6.07, 6.45) is 22.4. The van der Waals surface area contributed by atoms with Crippen LogP contribution in [0.25, 0.3) is 0 Å². The molecule has 0 amide bonds. The number of hydrogen-bond donors (Lipinski definition) is 2. The van der Waals surface area contributed by atoms with E-state index in [1.54, 1.807) is 0 Å². The highest BCUT2D eigenvalue weighted by Gasteiger charge is 2.14. The van der Waals surface area contributed by atoms with E-state index in [-0.39, 0.29) is 25.7 Å². The van der Waals surface area contributed by atoms with Crippen LogP contribution in [0, 0.1) is 0 Å². The molecule has 0 saturated heterocycles. The molecule has 0 aliphatic rings. The van der Waals surface area contributed by atoms with Gasteiger partial charge < -0.3 is 19.7 Å². The number of aliphatic hydroxyl groups is 2. The Morgan fingerprint density at radius 1 is 0.968 bits per heavy atom. The molecule has 6 heteroatoms. The molecule has 176 valence electrons. The Bertz CT molecular complexity index is 577. The number of rotatable bonds is 18. The lowest BCUT2D eigenvalue weighted by Gasteiger charge is -2.14. The van der Waals surface area contributed by atoms with E-state index in [1.165, 1.54) is 13.3 Å².